The lowest BCUT2D eigenvalue weighted by Gasteiger charge is -2.39. The largest absolute Gasteiger partial charge is 0.306 e. The van der Waals surface area contributed by atoms with Gasteiger partial charge in [-0.15, -0.1) is 0 Å². The van der Waals surface area contributed by atoms with E-state index in [-0.39, 0.29) is 5.91 Å². The Morgan fingerprint density at radius 2 is 1.89 bits per heavy atom. The van der Waals surface area contributed by atoms with Gasteiger partial charge in [0, 0.05) is 0 Å². The van der Waals surface area contributed by atoms with E-state index in [2.05, 4.69) is 48.6 Å². The van der Waals surface area contributed by atoms with E-state index in [1.165, 1.54) is 5.56 Å². The summed E-state index contributed by atoms with van der Waals surface area (Å²) in [6.07, 6.45) is 2.65. The maximum absolute atomic E-state index is 12.3. The summed E-state index contributed by atoms with van der Waals surface area (Å²) in [6, 6.07) is 8.39. The van der Waals surface area contributed by atoms with E-state index >= 15 is 0 Å². The van der Waals surface area contributed by atoms with Gasteiger partial charge in [0.15, 0.2) is 0 Å². The van der Waals surface area contributed by atoms with Crippen molar-refractivity contribution in [3.05, 3.63) is 35.4 Å². The highest BCUT2D eigenvalue weighted by molar-refractivity contribution is 5.88. The molecule has 0 bridgehead atoms. The second-order valence-electron chi connectivity index (χ2n) is 5.41. The summed E-state index contributed by atoms with van der Waals surface area (Å²) in [4.78, 5) is 14.5. The molecule has 0 atom stereocenters. The first kappa shape index (κ1) is 14.0. The quantitative estimate of drug-likeness (QED) is 0.488. The summed E-state index contributed by atoms with van der Waals surface area (Å²) in [6.45, 7) is 3.97. The predicted molar refractivity (Wildman–Crippen MR) is 76.6 cm³/mol. The lowest BCUT2D eigenvalue weighted by atomic mass is 9.72. The number of carbonyl (C=O) groups excluding carboxylic acids is 1. The van der Waals surface area contributed by atoms with Crippen LogP contribution < -0.4 is 11.3 Å². The van der Waals surface area contributed by atoms with Crippen molar-refractivity contribution >= 4 is 5.91 Å². The Balaban J connectivity index is 2.34. The molecular formula is C15H23N3O. The van der Waals surface area contributed by atoms with Crippen molar-refractivity contribution in [3.8, 4) is 0 Å². The number of amides is 1. The molecule has 0 aliphatic carbocycles. The zero-order valence-corrected chi connectivity index (χ0v) is 11.8. The third-order valence-electron chi connectivity index (χ3n) is 4.32. The molecule has 0 saturated carbocycles. The van der Waals surface area contributed by atoms with Gasteiger partial charge in [0.2, 0.25) is 5.91 Å². The van der Waals surface area contributed by atoms with Crippen molar-refractivity contribution in [1.82, 2.24) is 10.3 Å². The van der Waals surface area contributed by atoms with Crippen molar-refractivity contribution in [2.45, 2.75) is 31.6 Å². The van der Waals surface area contributed by atoms with Gasteiger partial charge in [-0.25, -0.2) is 5.84 Å². The zero-order valence-electron chi connectivity index (χ0n) is 11.8. The predicted octanol–water partition coefficient (Wildman–Crippen LogP) is 1.20. The van der Waals surface area contributed by atoms with E-state index in [4.69, 9.17) is 5.84 Å². The van der Waals surface area contributed by atoms with Crippen molar-refractivity contribution in [1.29, 1.82) is 0 Å². The molecule has 4 heteroatoms. The van der Waals surface area contributed by atoms with E-state index in [0.717, 1.165) is 37.9 Å². The van der Waals surface area contributed by atoms with Crippen LogP contribution in [0.4, 0.5) is 0 Å². The fraction of sp³-hybridized carbons (Fsp3) is 0.533. The topological polar surface area (TPSA) is 58.4 Å². The van der Waals surface area contributed by atoms with Gasteiger partial charge in [-0.1, -0.05) is 31.2 Å². The molecule has 0 radical (unpaired) electrons. The lowest BCUT2D eigenvalue weighted by molar-refractivity contribution is -0.128. The Kier molecular flexibility index (Phi) is 4.22. The number of hydrogen-bond donors (Lipinski definition) is 2. The fourth-order valence-electron chi connectivity index (χ4n) is 2.84. The molecule has 1 aliphatic heterocycles. The number of piperidine rings is 1. The first-order chi connectivity index (χ1) is 9.12. The van der Waals surface area contributed by atoms with E-state index < -0.39 is 5.41 Å². The SMILES string of the molecule is CCc1ccc(C2(C(=O)NN)CCN(C)CC2)cc1. The van der Waals surface area contributed by atoms with Crippen LogP contribution in [0.1, 0.15) is 30.9 Å². The number of aryl methyl sites for hydroxylation is 1. The van der Waals surface area contributed by atoms with E-state index in [1.807, 2.05) is 0 Å². The molecular weight excluding hydrogens is 238 g/mol. The Labute approximate surface area is 114 Å². The van der Waals surface area contributed by atoms with E-state index in [1.54, 1.807) is 0 Å². The van der Waals surface area contributed by atoms with Crippen LogP contribution in [-0.4, -0.2) is 30.9 Å². The smallest absolute Gasteiger partial charge is 0.244 e. The maximum Gasteiger partial charge on any atom is 0.244 e. The van der Waals surface area contributed by atoms with Crippen LogP contribution in [0.3, 0.4) is 0 Å². The Bertz CT molecular complexity index is 433. The van der Waals surface area contributed by atoms with Gasteiger partial charge in [0.25, 0.3) is 0 Å². The van der Waals surface area contributed by atoms with Crippen LogP contribution in [-0.2, 0) is 16.6 Å². The zero-order chi connectivity index (χ0) is 13.9. The van der Waals surface area contributed by atoms with Crippen LogP contribution in [0.2, 0.25) is 0 Å². The monoisotopic (exact) mass is 261 g/mol. The number of nitrogens with two attached hydrogens (primary N) is 1. The molecule has 4 nitrogen and oxygen atoms in total. The highest BCUT2D eigenvalue weighted by Gasteiger charge is 2.41. The number of rotatable bonds is 3. The minimum Gasteiger partial charge on any atom is -0.306 e. The first-order valence-corrected chi connectivity index (χ1v) is 6.91. The Hall–Kier alpha value is -1.39. The normalized spacial score (nSPS) is 19.1. The molecule has 2 rings (SSSR count). The molecule has 1 aliphatic rings. The van der Waals surface area contributed by atoms with Crippen molar-refractivity contribution in [2.75, 3.05) is 20.1 Å². The van der Waals surface area contributed by atoms with Gasteiger partial charge in [0.05, 0.1) is 5.41 Å². The van der Waals surface area contributed by atoms with Crippen molar-refractivity contribution in [3.63, 3.8) is 0 Å². The average molecular weight is 261 g/mol. The summed E-state index contributed by atoms with van der Waals surface area (Å²) in [5.74, 6) is 5.34. The van der Waals surface area contributed by atoms with Crippen LogP contribution in [0.5, 0.6) is 0 Å². The van der Waals surface area contributed by atoms with E-state index in [9.17, 15) is 4.79 Å². The third kappa shape index (κ3) is 2.65. The Morgan fingerprint density at radius 1 is 1.32 bits per heavy atom. The molecule has 1 aromatic carbocycles. The molecule has 1 amide bonds. The number of likely N-dealkylation sites (tertiary alicyclic amines) is 1. The minimum absolute atomic E-state index is 0.0650. The number of carbonyl (C=O) groups is 1. The summed E-state index contributed by atoms with van der Waals surface area (Å²) in [5, 5.41) is 0. The van der Waals surface area contributed by atoms with E-state index in [0.29, 0.717) is 0 Å². The summed E-state index contributed by atoms with van der Waals surface area (Å²) >= 11 is 0. The van der Waals surface area contributed by atoms with Crippen LogP contribution in [0.25, 0.3) is 0 Å². The van der Waals surface area contributed by atoms with Gasteiger partial charge in [-0.2, -0.15) is 0 Å². The average Bonchev–Trinajstić information content (AvgIpc) is 2.47. The van der Waals surface area contributed by atoms with Crippen LogP contribution >= 0.6 is 0 Å². The number of hydrogen-bond acceptors (Lipinski definition) is 3. The molecule has 104 valence electrons. The van der Waals surface area contributed by atoms with Crippen LogP contribution in [0.15, 0.2) is 24.3 Å². The number of benzene rings is 1. The molecule has 1 heterocycles. The van der Waals surface area contributed by atoms with Crippen molar-refractivity contribution < 1.29 is 4.79 Å². The van der Waals surface area contributed by atoms with Gasteiger partial charge in [0.1, 0.15) is 0 Å². The number of nitrogens with zero attached hydrogens (tertiary/aromatic N) is 1. The standard InChI is InChI=1S/C15H23N3O/c1-3-12-4-6-13(7-5-12)15(14(19)17-16)8-10-18(2)11-9-15/h4-7H,3,8-11,16H2,1-2H3,(H,17,19). The third-order valence-corrected chi connectivity index (χ3v) is 4.32. The minimum atomic E-state index is -0.465. The first-order valence-electron chi connectivity index (χ1n) is 6.91. The van der Waals surface area contributed by atoms with Crippen LogP contribution in [0, 0.1) is 0 Å². The molecule has 0 unspecified atom stereocenters. The lowest BCUT2D eigenvalue weighted by Crippen LogP contribution is -2.52. The summed E-state index contributed by atoms with van der Waals surface area (Å²) < 4.78 is 0. The molecule has 0 spiro atoms. The molecule has 0 aromatic heterocycles. The highest BCUT2D eigenvalue weighted by atomic mass is 16.2. The summed E-state index contributed by atoms with van der Waals surface area (Å²) in [7, 11) is 2.09. The molecule has 1 saturated heterocycles. The molecule has 1 aromatic rings. The second-order valence-corrected chi connectivity index (χ2v) is 5.41. The molecule has 3 N–H and O–H groups in total. The van der Waals surface area contributed by atoms with Gasteiger partial charge < -0.3 is 4.90 Å². The van der Waals surface area contributed by atoms with Gasteiger partial charge in [-0.3, -0.25) is 10.2 Å². The fourth-order valence-corrected chi connectivity index (χ4v) is 2.84. The van der Waals surface area contributed by atoms with Gasteiger partial charge >= 0.3 is 0 Å². The molecule has 19 heavy (non-hydrogen) atoms. The maximum atomic E-state index is 12.3. The molecule has 1 fully saturated rings. The summed E-state index contributed by atoms with van der Waals surface area (Å²) in [5.41, 5.74) is 4.27. The van der Waals surface area contributed by atoms with Crippen molar-refractivity contribution in [2.24, 2.45) is 5.84 Å². The highest BCUT2D eigenvalue weighted by Crippen LogP contribution is 2.35. The second kappa shape index (κ2) is 5.72. The number of nitrogens with one attached hydrogen (secondary N) is 1. The number of hydrazine groups is 1. The Morgan fingerprint density at radius 3 is 2.37 bits per heavy atom. The van der Waals surface area contributed by atoms with Gasteiger partial charge in [-0.05, 0) is 50.5 Å².